The van der Waals surface area contributed by atoms with Crippen molar-refractivity contribution in [3.05, 3.63) is 35.9 Å². The average Bonchev–Trinajstić information content (AvgIpc) is 2.70. The van der Waals surface area contributed by atoms with Crippen molar-refractivity contribution in [1.82, 2.24) is 0 Å². The predicted octanol–water partition coefficient (Wildman–Crippen LogP) is -0.0312. The lowest BCUT2D eigenvalue weighted by Gasteiger charge is -2.37. The molecule has 1 nitrogen and oxygen atoms in total. The van der Waals surface area contributed by atoms with E-state index in [-0.39, 0.29) is 12.4 Å². The van der Waals surface area contributed by atoms with Gasteiger partial charge in [0.1, 0.15) is 6.54 Å². The quantitative estimate of drug-likeness (QED) is 0.800. The van der Waals surface area contributed by atoms with Gasteiger partial charge in [-0.15, -0.1) is 0 Å². The second-order valence-electron chi connectivity index (χ2n) is 7.14. The maximum Gasteiger partial charge on any atom is 0.101 e. The van der Waals surface area contributed by atoms with Crippen molar-refractivity contribution >= 4 is 0 Å². The smallest absolute Gasteiger partial charge is 0.101 e. The van der Waals surface area contributed by atoms with E-state index in [0.29, 0.717) is 10.8 Å². The highest BCUT2D eigenvalue weighted by atomic mass is 35.5. The van der Waals surface area contributed by atoms with E-state index in [2.05, 4.69) is 56.4 Å². The van der Waals surface area contributed by atoms with Crippen LogP contribution in [0.25, 0.3) is 0 Å². The Kier molecular flexibility index (Phi) is 3.99. The minimum atomic E-state index is 0. The first-order chi connectivity index (χ1) is 8.54. The number of hydrogen-bond donors (Lipinski definition) is 1. The molecule has 2 N–H and O–H groups in total. The van der Waals surface area contributed by atoms with Gasteiger partial charge in [-0.1, -0.05) is 51.1 Å². The molecule has 19 heavy (non-hydrogen) atoms. The summed E-state index contributed by atoms with van der Waals surface area (Å²) in [4.78, 5) is 0. The minimum absolute atomic E-state index is 0. The second kappa shape index (κ2) is 5.10. The lowest BCUT2D eigenvalue weighted by Crippen LogP contribution is -3.00. The van der Waals surface area contributed by atoms with Crippen LogP contribution in [-0.4, -0.2) is 6.04 Å². The highest BCUT2D eigenvalue weighted by molar-refractivity contribution is 5.14. The van der Waals surface area contributed by atoms with Crippen LogP contribution < -0.4 is 17.7 Å². The van der Waals surface area contributed by atoms with Crippen molar-refractivity contribution in [1.29, 1.82) is 0 Å². The van der Waals surface area contributed by atoms with Gasteiger partial charge in [-0.2, -0.15) is 0 Å². The summed E-state index contributed by atoms with van der Waals surface area (Å²) in [6.07, 6.45) is 4.32. The summed E-state index contributed by atoms with van der Waals surface area (Å²) in [5.74, 6) is 0.958. The van der Waals surface area contributed by atoms with Crippen molar-refractivity contribution in [2.45, 2.75) is 52.6 Å². The summed E-state index contributed by atoms with van der Waals surface area (Å²) < 4.78 is 0. The fourth-order valence-electron chi connectivity index (χ4n) is 4.51. The summed E-state index contributed by atoms with van der Waals surface area (Å²) in [6.45, 7) is 8.68. The Hall–Kier alpha value is -0.530. The molecule has 2 bridgehead atoms. The van der Waals surface area contributed by atoms with Gasteiger partial charge in [0.25, 0.3) is 0 Å². The third kappa shape index (κ3) is 2.21. The molecule has 0 saturated heterocycles. The van der Waals surface area contributed by atoms with Gasteiger partial charge in [-0.3, -0.25) is 0 Å². The molecule has 3 atom stereocenters. The van der Waals surface area contributed by atoms with Gasteiger partial charge in [-0.05, 0) is 24.2 Å². The van der Waals surface area contributed by atoms with Crippen molar-refractivity contribution in [3.8, 4) is 0 Å². The van der Waals surface area contributed by atoms with Gasteiger partial charge < -0.3 is 17.7 Å². The van der Waals surface area contributed by atoms with Crippen LogP contribution in [0.4, 0.5) is 0 Å². The number of hydrogen-bond acceptors (Lipinski definition) is 0. The Balaban J connectivity index is 0.00000133. The van der Waals surface area contributed by atoms with Gasteiger partial charge in [0, 0.05) is 17.4 Å². The molecule has 2 heteroatoms. The van der Waals surface area contributed by atoms with Crippen molar-refractivity contribution in [2.24, 2.45) is 16.7 Å². The van der Waals surface area contributed by atoms with Gasteiger partial charge in [0.15, 0.2) is 0 Å². The number of fused-ring (bicyclic) bond motifs is 2. The van der Waals surface area contributed by atoms with Crippen LogP contribution in [0.15, 0.2) is 30.3 Å². The molecular formula is C17H26ClN. The number of halogens is 1. The molecule has 2 aliphatic rings. The van der Waals surface area contributed by atoms with Crippen LogP contribution >= 0.6 is 0 Å². The summed E-state index contributed by atoms with van der Waals surface area (Å²) in [5.41, 5.74) is 2.55. The van der Waals surface area contributed by atoms with E-state index < -0.39 is 0 Å². The number of nitrogens with two attached hydrogens (primary N) is 1. The van der Waals surface area contributed by atoms with Gasteiger partial charge in [-0.25, -0.2) is 0 Å². The third-order valence-corrected chi connectivity index (χ3v) is 6.34. The molecule has 2 aliphatic carbocycles. The molecule has 106 valence electrons. The molecule has 2 fully saturated rings. The zero-order valence-electron chi connectivity index (χ0n) is 12.3. The summed E-state index contributed by atoms with van der Waals surface area (Å²) in [7, 11) is 0. The fraction of sp³-hybridized carbons (Fsp3) is 0.647. The summed E-state index contributed by atoms with van der Waals surface area (Å²) >= 11 is 0. The highest BCUT2D eigenvalue weighted by Crippen LogP contribution is 2.64. The van der Waals surface area contributed by atoms with Crippen molar-refractivity contribution in [3.63, 3.8) is 0 Å². The SMILES string of the molecule is CC1(C)[C@@H]2CC[C@@]1(C)[C@@H]([NH2+]Cc1ccccc1)C2.[Cl-]. The van der Waals surface area contributed by atoms with Crippen molar-refractivity contribution in [2.75, 3.05) is 0 Å². The highest BCUT2D eigenvalue weighted by Gasteiger charge is 2.63. The van der Waals surface area contributed by atoms with Crippen LogP contribution in [0.5, 0.6) is 0 Å². The maximum atomic E-state index is 2.61. The Morgan fingerprint density at radius 3 is 2.37 bits per heavy atom. The summed E-state index contributed by atoms with van der Waals surface area (Å²) in [6, 6.07) is 11.7. The molecule has 0 unspecified atom stereocenters. The molecule has 1 aromatic carbocycles. The van der Waals surface area contributed by atoms with E-state index in [1.165, 1.54) is 24.8 Å². The standard InChI is InChI=1S/C17H25N.ClH/c1-16(2)14-9-10-17(16,3)15(11-14)18-12-13-7-5-4-6-8-13;/h4-8,14-15,18H,9-12H2,1-3H3;1H/t14-,15+,17+;/m1./s1. The van der Waals surface area contributed by atoms with Crippen LogP contribution in [0, 0.1) is 16.7 Å². The summed E-state index contributed by atoms with van der Waals surface area (Å²) in [5, 5.41) is 2.61. The molecule has 3 rings (SSSR count). The average molecular weight is 280 g/mol. The lowest BCUT2D eigenvalue weighted by atomic mass is 9.69. The minimum Gasteiger partial charge on any atom is -1.00 e. The topological polar surface area (TPSA) is 16.6 Å². The molecular weight excluding hydrogens is 254 g/mol. The molecule has 0 spiro atoms. The van der Waals surface area contributed by atoms with E-state index in [1.54, 1.807) is 0 Å². The molecule has 0 radical (unpaired) electrons. The van der Waals surface area contributed by atoms with E-state index in [0.717, 1.165) is 18.5 Å². The zero-order chi connectivity index (χ0) is 12.8. The molecule has 0 amide bonds. The Bertz CT molecular complexity index is 428. The number of quaternary nitrogens is 1. The molecule has 2 saturated carbocycles. The normalized spacial score (nSPS) is 35.1. The third-order valence-electron chi connectivity index (χ3n) is 6.34. The van der Waals surface area contributed by atoms with E-state index in [1.807, 2.05) is 0 Å². The maximum absolute atomic E-state index is 2.61. The largest absolute Gasteiger partial charge is 1.00 e. The van der Waals surface area contributed by atoms with E-state index in [9.17, 15) is 0 Å². The van der Waals surface area contributed by atoms with Gasteiger partial charge in [0.2, 0.25) is 0 Å². The van der Waals surface area contributed by atoms with Crippen molar-refractivity contribution < 1.29 is 17.7 Å². The van der Waals surface area contributed by atoms with Crippen LogP contribution in [-0.2, 0) is 6.54 Å². The molecule has 0 aliphatic heterocycles. The second-order valence-corrected chi connectivity index (χ2v) is 7.14. The van der Waals surface area contributed by atoms with E-state index in [4.69, 9.17) is 0 Å². The van der Waals surface area contributed by atoms with E-state index >= 15 is 0 Å². The number of benzene rings is 1. The first-order valence-corrected chi connectivity index (χ1v) is 7.41. The molecule has 0 aromatic heterocycles. The Labute approximate surface area is 123 Å². The van der Waals surface area contributed by atoms with Gasteiger partial charge >= 0.3 is 0 Å². The van der Waals surface area contributed by atoms with Crippen LogP contribution in [0.3, 0.4) is 0 Å². The Morgan fingerprint density at radius 2 is 1.84 bits per heavy atom. The Morgan fingerprint density at radius 1 is 1.16 bits per heavy atom. The van der Waals surface area contributed by atoms with Crippen LogP contribution in [0.2, 0.25) is 0 Å². The molecule has 1 aromatic rings. The number of rotatable bonds is 3. The van der Waals surface area contributed by atoms with Crippen LogP contribution in [0.1, 0.15) is 45.6 Å². The first-order valence-electron chi connectivity index (χ1n) is 7.41. The lowest BCUT2D eigenvalue weighted by molar-refractivity contribution is -0.717. The first kappa shape index (κ1) is 14.9. The molecule has 0 heterocycles. The van der Waals surface area contributed by atoms with Gasteiger partial charge in [0.05, 0.1) is 6.04 Å². The monoisotopic (exact) mass is 279 g/mol. The predicted molar refractivity (Wildman–Crippen MR) is 75.1 cm³/mol. The fourth-order valence-corrected chi connectivity index (χ4v) is 4.51. The zero-order valence-corrected chi connectivity index (χ0v) is 13.1.